The van der Waals surface area contributed by atoms with E-state index in [-0.39, 0.29) is 11.7 Å². The summed E-state index contributed by atoms with van der Waals surface area (Å²) in [5.74, 6) is 0.00727. The maximum atomic E-state index is 14.4. The number of hydrogen-bond acceptors (Lipinski definition) is 2. The lowest BCUT2D eigenvalue weighted by molar-refractivity contribution is 0.638. The van der Waals surface area contributed by atoms with Crippen molar-refractivity contribution in [1.29, 1.82) is 0 Å². The van der Waals surface area contributed by atoms with Crippen LogP contribution in [0.3, 0.4) is 0 Å². The number of nitrogens with zero attached hydrogens (tertiary/aromatic N) is 2. The number of fused-ring (bicyclic) bond motifs is 1. The fourth-order valence-corrected chi connectivity index (χ4v) is 3.03. The average Bonchev–Trinajstić information content (AvgIpc) is 2.57. The van der Waals surface area contributed by atoms with Gasteiger partial charge in [-0.25, -0.2) is 4.39 Å². The van der Waals surface area contributed by atoms with Gasteiger partial charge in [0.2, 0.25) is 0 Å². The van der Waals surface area contributed by atoms with Gasteiger partial charge in [-0.15, -0.1) is 23.2 Å². The maximum Gasteiger partial charge on any atom is 0.131 e. The molecule has 25 heavy (non-hydrogen) atoms. The number of benzene rings is 1. The maximum absolute atomic E-state index is 14.4. The quantitative estimate of drug-likeness (QED) is 0.535. The topological polar surface area (TPSA) is 25.8 Å². The predicted molar refractivity (Wildman–Crippen MR) is 103 cm³/mol. The van der Waals surface area contributed by atoms with Gasteiger partial charge in [-0.05, 0) is 44.5 Å². The van der Waals surface area contributed by atoms with Crippen molar-refractivity contribution >= 4 is 34.0 Å². The average molecular weight is 377 g/mol. The van der Waals surface area contributed by atoms with Gasteiger partial charge in [-0.3, -0.25) is 9.97 Å². The summed E-state index contributed by atoms with van der Waals surface area (Å²) in [6.45, 7) is 5.81. The monoisotopic (exact) mass is 376 g/mol. The standard InChI is InChI=1S/C20H19Cl2FN2/c1-12-7-14(10-24-13(12)2)19-16-5-4-6-18(23)17(16)8-15(25-19)9-20(3,22)11-21/h4-8,10H,9,11H2,1-3H3. The van der Waals surface area contributed by atoms with Gasteiger partial charge in [0.05, 0.1) is 10.6 Å². The first-order chi connectivity index (χ1) is 11.8. The largest absolute Gasteiger partial charge is 0.261 e. The smallest absolute Gasteiger partial charge is 0.131 e. The summed E-state index contributed by atoms with van der Waals surface area (Å²) in [7, 11) is 0. The molecule has 0 spiro atoms. The Kier molecular flexibility index (Phi) is 4.99. The van der Waals surface area contributed by atoms with E-state index in [2.05, 4.69) is 4.98 Å². The lowest BCUT2D eigenvalue weighted by atomic mass is 9.99. The molecule has 3 aromatic rings. The Labute approximate surface area is 157 Å². The lowest BCUT2D eigenvalue weighted by Gasteiger charge is -2.19. The van der Waals surface area contributed by atoms with Crippen molar-refractivity contribution in [2.24, 2.45) is 0 Å². The van der Waals surface area contributed by atoms with E-state index < -0.39 is 4.87 Å². The van der Waals surface area contributed by atoms with Crippen LogP contribution in [0.4, 0.5) is 4.39 Å². The summed E-state index contributed by atoms with van der Waals surface area (Å²) in [6, 6.07) is 8.81. The molecular weight excluding hydrogens is 358 g/mol. The molecular formula is C20H19Cl2FN2. The second-order valence-corrected chi connectivity index (χ2v) is 7.83. The van der Waals surface area contributed by atoms with Gasteiger partial charge in [0, 0.05) is 46.2 Å². The predicted octanol–water partition coefficient (Wildman–Crippen LogP) is 5.83. The van der Waals surface area contributed by atoms with E-state index in [1.807, 2.05) is 32.9 Å². The summed E-state index contributed by atoms with van der Waals surface area (Å²) in [6.07, 6.45) is 2.23. The molecule has 2 aromatic heterocycles. The zero-order valence-electron chi connectivity index (χ0n) is 14.4. The molecule has 2 heterocycles. The van der Waals surface area contributed by atoms with E-state index in [1.165, 1.54) is 6.07 Å². The van der Waals surface area contributed by atoms with Gasteiger partial charge in [-0.2, -0.15) is 0 Å². The van der Waals surface area contributed by atoms with Crippen molar-refractivity contribution in [1.82, 2.24) is 9.97 Å². The molecule has 1 unspecified atom stereocenters. The van der Waals surface area contributed by atoms with E-state index in [4.69, 9.17) is 28.2 Å². The highest BCUT2D eigenvalue weighted by atomic mass is 35.5. The highest BCUT2D eigenvalue weighted by Crippen LogP contribution is 2.31. The first-order valence-electron chi connectivity index (χ1n) is 8.07. The summed E-state index contributed by atoms with van der Waals surface area (Å²) >= 11 is 12.4. The molecule has 1 aromatic carbocycles. The van der Waals surface area contributed by atoms with Gasteiger partial charge in [0.15, 0.2) is 0 Å². The first-order valence-corrected chi connectivity index (χ1v) is 8.98. The van der Waals surface area contributed by atoms with Crippen molar-refractivity contribution in [3.63, 3.8) is 0 Å². The van der Waals surface area contributed by atoms with Gasteiger partial charge >= 0.3 is 0 Å². The van der Waals surface area contributed by atoms with Crippen molar-refractivity contribution in [3.8, 4) is 11.3 Å². The molecule has 0 aliphatic rings. The van der Waals surface area contributed by atoms with Gasteiger partial charge < -0.3 is 0 Å². The van der Waals surface area contributed by atoms with Gasteiger partial charge in [-0.1, -0.05) is 12.1 Å². The van der Waals surface area contributed by atoms with Crippen molar-refractivity contribution in [2.75, 3.05) is 5.88 Å². The van der Waals surface area contributed by atoms with E-state index in [9.17, 15) is 4.39 Å². The molecule has 0 radical (unpaired) electrons. The molecule has 1 atom stereocenters. The molecule has 2 nitrogen and oxygen atoms in total. The molecule has 130 valence electrons. The van der Waals surface area contributed by atoms with E-state index in [0.29, 0.717) is 23.2 Å². The number of halogens is 3. The van der Waals surface area contributed by atoms with Crippen LogP contribution in [0, 0.1) is 19.7 Å². The molecule has 5 heteroatoms. The van der Waals surface area contributed by atoms with E-state index in [1.54, 1.807) is 18.3 Å². The fraction of sp³-hybridized carbons (Fsp3) is 0.300. The first kappa shape index (κ1) is 18.1. The molecule has 0 saturated heterocycles. The Bertz CT molecular complexity index is 938. The second-order valence-electron chi connectivity index (χ2n) is 6.65. The van der Waals surface area contributed by atoms with Crippen LogP contribution in [-0.2, 0) is 6.42 Å². The number of rotatable bonds is 4. The summed E-state index contributed by atoms with van der Waals surface area (Å²) in [5, 5.41) is 1.29. The number of pyridine rings is 2. The van der Waals surface area contributed by atoms with Crippen LogP contribution >= 0.6 is 23.2 Å². The summed E-state index contributed by atoms with van der Waals surface area (Å²) in [5.41, 5.74) is 4.32. The molecule has 0 saturated carbocycles. The second kappa shape index (κ2) is 6.89. The number of aryl methyl sites for hydroxylation is 2. The van der Waals surface area contributed by atoms with Crippen LogP contribution in [0.5, 0.6) is 0 Å². The Morgan fingerprint density at radius 1 is 1.16 bits per heavy atom. The van der Waals surface area contributed by atoms with Crippen LogP contribution in [0.2, 0.25) is 0 Å². The molecule has 0 aliphatic carbocycles. The molecule has 0 N–H and O–H groups in total. The minimum absolute atomic E-state index is 0.277. The third kappa shape index (κ3) is 3.78. The van der Waals surface area contributed by atoms with Gasteiger partial charge in [0.25, 0.3) is 0 Å². The van der Waals surface area contributed by atoms with Crippen LogP contribution in [0.15, 0.2) is 36.5 Å². The number of hydrogen-bond donors (Lipinski definition) is 0. The fourth-order valence-electron chi connectivity index (χ4n) is 2.80. The lowest BCUT2D eigenvalue weighted by Crippen LogP contribution is -2.22. The number of alkyl halides is 2. The molecule has 0 fully saturated rings. The highest BCUT2D eigenvalue weighted by Gasteiger charge is 2.22. The Balaban J connectivity index is 2.25. The molecule has 3 rings (SSSR count). The van der Waals surface area contributed by atoms with Crippen molar-refractivity contribution in [2.45, 2.75) is 32.1 Å². The van der Waals surface area contributed by atoms with Crippen LogP contribution < -0.4 is 0 Å². The Morgan fingerprint density at radius 2 is 1.92 bits per heavy atom. The minimum atomic E-state index is -0.633. The van der Waals surface area contributed by atoms with E-state index >= 15 is 0 Å². The molecule has 0 bridgehead atoms. The Morgan fingerprint density at radius 3 is 2.60 bits per heavy atom. The molecule has 0 amide bonds. The third-order valence-electron chi connectivity index (χ3n) is 4.32. The summed E-state index contributed by atoms with van der Waals surface area (Å²) < 4.78 is 14.4. The third-order valence-corrected chi connectivity index (χ3v) is 5.31. The van der Waals surface area contributed by atoms with Crippen molar-refractivity contribution < 1.29 is 4.39 Å². The minimum Gasteiger partial charge on any atom is -0.261 e. The Hall–Kier alpha value is -1.71. The number of aromatic nitrogens is 2. The normalized spacial score (nSPS) is 13.8. The van der Waals surface area contributed by atoms with Crippen LogP contribution in [0.1, 0.15) is 23.9 Å². The van der Waals surface area contributed by atoms with Crippen LogP contribution in [-0.4, -0.2) is 20.7 Å². The molecule has 0 aliphatic heterocycles. The van der Waals surface area contributed by atoms with Crippen LogP contribution in [0.25, 0.3) is 22.0 Å². The SMILES string of the molecule is Cc1cc(-c2nc(CC(C)(Cl)CCl)cc3c(F)cccc23)cnc1C. The zero-order valence-corrected chi connectivity index (χ0v) is 15.9. The summed E-state index contributed by atoms with van der Waals surface area (Å²) in [4.78, 5) is 8.56. The zero-order chi connectivity index (χ0) is 18.2. The van der Waals surface area contributed by atoms with Gasteiger partial charge in [0.1, 0.15) is 5.82 Å². The highest BCUT2D eigenvalue weighted by molar-refractivity contribution is 6.30. The van der Waals surface area contributed by atoms with Crippen molar-refractivity contribution in [3.05, 3.63) is 59.3 Å². The van der Waals surface area contributed by atoms with E-state index in [0.717, 1.165) is 22.2 Å².